The Labute approximate surface area is 112 Å². The van der Waals surface area contributed by atoms with Crippen molar-refractivity contribution in [2.24, 2.45) is 11.3 Å². The Bertz CT molecular complexity index is 254. The third-order valence-electron chi connectivity index (χ3n) is 5.65. The molecule has 1 aliphatic heterocycles. The third kappa shape index (κ3) is 2.40. The van der Waals surface area contributed by atoms with Crippen LogP contribution in [-0.2, 0) is 0 Å². The molecule has 0 radical (unpaired) electrons. The predicted octanol–water partition coefficient (Wildman–Crippen LogP) is 3.74. The SMILES string of the molecule is SCC1(CN2CCC[C@H]3CCCC[C@H]32)CCC1. The molecule has 98 valence electrons. The number of thiol groups is 1. The summed E-state index contributed by atoms with van der Waals surface area (Å²) in [6.07, 6.45) is 13.2. The van der Waals surface area contributed by atoms with E-state index in [0.29, 0.717) is 5.41 Å². The van der Waals surface area contributed by atoms with E-state index in [1.807, 2.05) is 0 Å². The molecule has 0 aromatic heterocycles. The van der Waals surface area contributed by atoms with E-state index < -0.39 is 0 Å². The Balaban J connectivity index is 1.64. The monoisotopic (exact) mass is 253 g/mol. The first-order valence-corrected chi connectivity index (χ1v) is 8.31. The average molecular weight is 253 g/mol. The first-order chi connectivity index (χ1) is 8.33. The van der Waals surface area contributed by atoms with Crippen LogP contribution < -0.4 is 0 Å². The highest BCUT2D eigenvalue weighted by Gasteiger charge is 2.41. The molecule has 0 aromatic carbocycles. The van der Waals surface area contributed by atoms with Crippen molar-refractivity contribution in [3.8, 4) is 0 Å². The highest BCUT2D eigenvalue weighted by Crippen LogP contribution is 2.45. The lowest BCUT2D eigenvalue weighted by molar-refractivity contribution is 0.00456. The normalized spacial score (nSPS) is 37.2. The van der Waals surface area contributed by atoms with Crippen LogP contribution in [0.1, 0.15) is 57.8 Å². The smallest absolute Gasteiger partial charge is 0.0124 e. The maximum Gasteiger partial charge on any atom is 0.0124 e. The first-order valence-electron chi connectivity index (χ1n) is 7.68. The van der Waals surface area contributed by atoms with E-state index in [4.69, 9.17) is 0 Å². The molecule has 17 heavy (non-hydrogen) atoms. The largest absolute Gasteiger partial charge is 0.300 e. The maximum absolute atomic E-state index is 4.62. The highest BCUT2D eigenvalue weighted by atomic mass is 32.1. The van der Waals surface area contributed by atoms with E-state index >= 15 is 0 Å². The van der Waals surface area contributed by atoms with Crippen LogP contribution in [0, 0.1) is 11.3 Å². The minimum atomic E-state index is 0.600. The molecule has 0 bridgehead atoms. The van der Waals surface area contributed by atoms with Crippen LogP contribution in [0.25, 0.3) is 0 Å². The molecule has 1 heterocycles. The number of hydrogen-bond acceptors (Lipinski definition) is 2. The van der Waals surface area contributed by atoms with Crippen LogP contribution in [-0.4, -0.2) is 29.8 Å². The number of likely N-dealkylation sites (tertiary alicyclic amines) is 1. The molecule has 0 spiro atoms. The molecule has 1 nitrogen and oxygen atoms in total. The molecule has 3 fully saturated rings. The van der Waals surface area contributed by atoms with Crippen molar-refractivity contribution in [3.05, 3.63) is 0 Å². The summed E-state index contributed by atoms with van der Waals surface area (Å²) in [6, 6.07) is 0.940. The van der Waals surface area contributed by atoms with Gasteiger partial charge in [-0.25, -0.2) is 0 Å². The molecular weight excluding hydrogens is 226 g/mol. The second kappa shape index (κ2) is 5.13. The lowest BCUT2D eigenvalue weighted by Gasteiger charge is -2.51. The van der Waals surface area contributed by atoms with Gasteiger partial charge in [-0.2, -0.15) is 12.6 Å². The number of hydrogen-bond donors (Lipinski definition) is 1. The zero-order valence-corrected chi connectivity index (χ0v) is 11.9. The van der Waals surface area contributed by atoms with Crippen LogP contribution in [0.5, 0.6) is 0 Å². The van der Waals surface area contributed by atoms with Crippen molar-refractivity contribution >= 4 is 12.6 Å². The van der Waals surface area contributed by atoms with Crippen molar-refractivity contribution in [2.45, 2.75) is 63.8 Å². The fraction of sp³-hybridized carbons (Fsp3) is 1.00. The second-order valence-corrected chi connectivity index (χ2v) is 7.05. The Morgan fingerprint density at radius 1 is 1.00 bits per heavy atom. The third-order valence-corrected chi connectivity index (χ3v) is 6.32. The van der Waals surface area contributed by atoms with Gasteiger partial charge in [-0.15, -0.1) is 0 Å². The summed E-state index contributed by atoms with van der Waals surface area (Å²) >= 11 is 4.62. The van der Waals surface area contributed by atoms with E-state index in [9.17, 15) is 0 Å². The minimum Gasteiger partial charge on any atom is -0.300 e. The molecule has 0 amide bonds. The zero-order chi connectivity index (χ0) is 11.7. The van der Waals surface area contributed by atoms with Crippen LogP contribution in [0.2, 0.25) is 0 Å². The van der Waals surface area contributed by atoms with Crippen LogP contribution >= 0.6 is 12.6 Å². The molecular formula is C15H27NS. The first kappa shape index (κ1) is 12.3. The van der Waals surface area contributed by atoms with E-state index in [0.717, 1.165) is 17.7 Å². The molecule has 1 saturated heterocycles. The summed E-state index contributed by atoms with van der Waals surface area (Å²) in [7, 11) is 0. The van der Waals surface area contributed by atoms with E-state index in [-0.39, 0.29) is 0 Å². The van der Waals surface area contributed by atoms with Crippen molar-refractivity contribution in [2.75, 3.05) is 18.8 Å². The van der Waals surface area contributed by atoms with Gasteiger partial charge in [-0.1, -0.05) is 19.3 Å². The van der Waals surface area contributed by atoms with E-state index in [1.165, 1.54) is 70.9 Å². The van der Waals surface area contributed by atoms with E-state index in [2.05, 4.69) is 17.5 Å². The van der Waals surface area contributed by atoms with Gasteiger partial charge in [0.15, 0.2) is 0 Å². The molecule has 2 saturated carbocycles. The molecule has 3 rings (SSSR count). The molecule has 0 aromatic rings. The fourth-order valence-electron chi connectivity index (χ4n) is 4.40. The summed E-state index contributed by atoms with van der Waals surface area (Å²) in [5.74, 6) is 2.15. The van der Waals surface area contributed by atoms with Gasteiger partial charge in [0.2, 0.25) is 0 Å². The zero-order valence-electron chi connectivity index (χ0n) is 11.0. The van der Waals surface area contributed by atoms with Gasteiger partial charge >= 0.3 is 0 Å². The molecule has 3 aliphatic rings. The van der Waals surface area contributed by atoms with Gasteiger partial charge in [-0.05, 0) is 62.2 Å². The number of fused-ring (bicyclic) bond motifs is 1. The maximum atomic E-state index is 4.62. The Morgan fingerprint density at radius 2 is 1.76 bits per heavy atom. The van der Waals surface area contributed by atoms with Crippen LogP contribution in [0.15, 0.2) is 0 Å². The average Bonchev–Trinajstić information content (AvgIpc) is 2.34. The summed E-state index contributed by atoms with van der Waals surface area (Å²) in [5.41, 5.74) is 0.600. The molecule has 2 aliphatic carbocycles. The molecule has 2 atom stereocenters. The van der Waals surface area contributed by atoms with Gasteiger partial charge in [0, 0.05) is 12.6 Å². The fourth-order valence-corrected chi connectivity index (χ4v) is 4.81. The quantitative estimate of drug-likeness (QED) is 0.750. The summed E-state index contributed by atoms with van der Waals surface area (Å²) < 4.78 is 0. The molecule has 0 unspecified atom stereocenters. The predicted molar refractivity (Wildman–Crippen MR) is 76.7 cm³/mol. The van der Waals surface area contributed by atoms with Crippen LogP contribution in [0.4, 0.5) is 0 Å². The summed E-state index contributed by atoms with van der Waals surface area (Å²) in [4.78, 5) is 2.86. The second-order valence-electron chi connectivity index (χ2n) is 6.74. The lowest BCUT2D eigenvalue weighted by atomic mass is 9.68. The number of rotatable bonds is 3. The van der Waals surface area contributed by atoms with Gasteiger partial charge in [0.25, 0.3) is 0 Å². The standard InChI is InChI=1S/C15H27NS/c17-12-15(8-4-9-15)11-16-10-3-6-13-5-1-2-7-14(13)16/h13-14,17H,1-12H2/t13-,14-/m1/s1. The summed E-state index contributed by atoms with van der Waals surface area (Å²) in [5, 5.41) is 0. The number of piperidine rings is 1. The highest BCUT2D eigenvalue weighted by molar-refractivity contribution is 7.80. The topological polar surface area (TPSA) is 3.24 Å². The van der Waals surface area contributed by atoms with E-state index in [1.54, 1.807) is 0 Å². The molecule has 0 N–H and O–H groups in total. The molecule has 2 heteroatoms. The lowest BCUT2D eigenvalue weighted by Crippen LogP contribution is -2.53. The number of nitrogens with zero attached hydrogens (tertiary/aromatic N) is 1. The van der Waals surface area contributed by atoms with Crippen molar-refractivity contribution < 1.29 is 0 Å². The van der Waals surface area contributed by atoms with Gasteiger partial charge in [0.1, 0.15) is 0 Å². The minimum absolute atomic E-state index is 0.600. The van der Waals surface area contributed by atoms with Crippen molar-refractivity contribution in [1.29, 1.82) is 0 Å². The van der Waals surface area contributed by atoms with Gasteiger partial charge in [0.05, 0.1) is 0 Å². The van der Waals surface area contributed by atoms with Crippen molar-refractivity contribution in [1.82, 2.24) is 4.90 Å². The van der Waals surface area contributed by atoms with Crippen molar-refractivity contribution in [3.63, 3.8) is 0 Å². The Morgan fingerprint density at radius 3 is 2.47 bits per heavy atom. The Hall–Kier alpha value is 0.310. The van der Waals surface area contributed by atoms with Gasteiger partial charge < -0.3 is 0 Å². The van der Waals surface area contributed by atoms with Crippen LogP contribution in [0.3, 0.4) is 0 Å². The summed E-state index contributed by atoms with van der Waals surface area (Å²) in [6.45, 7) is 2.73. The Kier molecular flexibility index (Phi) is 3.72. The van der Waals surface area contributed by atoms with Gasteiger partial charge in [-0.3, -0.25) is 4.90 Å².